The lowest BCUT2D eigenvalue weighted by Crippen LogP contribution is -2.46. The molecule has 2 rings (SSSR count). The monoisotopic (exact) mass is 260 g/mol. The summed E-state index contributed by atoms with van der Waals surface area (Å²) in [4.78, 5) is 14.4. The molecule has 104 valence electrons. The van der Waals surface area contributed by atoms with E-state index in [1.54, 1.807) is 0 Å². The predicted octanol–water partition coefficient (Wildman–Crippen LogP) is 2.65. The lowest BCUT2D eigenvalue weighted by Gasteiger charge is -2.36. The molecule has 1 atom stereocenters. The zero-order valence-electron chi connectivity index (χ0n) is 12.6. The van der Waals surface area contributed by atoms with Crippen molar-refractivity contribution in [3.8, 4) is 0 Å². The molecule has 1 aromatic rings. The molecule has 1 aliphatic heterocycles. The highest BCUT2D eigenvalue weighted by Crippen LogP contribution is 2.39. The summed E-state index contributed by atoms with van der Waals surface area (Å²) in [5.41, 5.74) is 3.30. The van der Waals surface area contributed by atoms with Crippen molar-refractivity contribution in [3.05, 3.63) is 29.3 Å². The van der Waals surface area contributed by atoms with Crippen LogP contribution in [0.25, 0.3) is 0 Å². The van der Waals surface area contributed by atoms with Crippen molar-refractivity contribution in [1.29, 1.82) is 0 Å². The van der Waals surface area contributed by atoms with Gasteiger partial charge in [-0.15, -0.1) is 0 Å². The summed E-state index contributed by atoms with van der Waals surface area (Å²) in [5.74, 6) is 0.584. The van der Waals surface area contributed by atoms with Gasteiger partial charge in [0.15, 0.2) is 0 Å². The summed E-state index contributed by atoms with van der Waals surface area (Å²) in [5, 5.41) is 3.20. The van der Waals surface area contributed by atoms with Crippen molar-refractivity contribution >= 4 is 11.6 Å². The molecular weight excluding hydrogens is 236 g/mol. The molecule has 1 fully saturated rings. The van der Waals surface area contributed by atoms with Crippen molar-refractivity contribution in [1.82, 2.24) is 5.32 Å². The largest absolute Gasteiger partial charge is 0.319 e. The van der Waals surface area contributed by atoms with Gasteiger partial charge in [0, 0.05) is 30.1 Å². The SMILES string of the molecule is CNCC1CC(=O)N(c2cc(C)cc(C)c2)C1(C)C. The molecule has 1 N–H and O–H groups in total. The summed E-state index contributed by atoms with van der Waals surface area (Å²) >= 11 is 0. The van der Waals surface area contributed by atoms with E-state index < -0.39 is 0 Å². The second-order valence-electron chi connectivity index (χ2n) is 6.19. The second kappa shape index (κ2) is 4.97. The molecule has 1 aromatic carbocycles. The number of rotatable bonds is 3. The summed E-state index contributed by atoms with van der Waals surface area (Å²) in [6.07, 6.45) is 0.626. The van der Waals surface area contributed by atoms with Crippen molar-refractivity contribution in [2.75, 3.05) is 18.5 Å². The molecule has 1 saturated heterocycles. The Labute approximate surface area is 116 Å². The summed E-state index contributed by atoms with van der Waals surface area (Å²) in [6.45, 7) is 9.36. The fourth-order valence-corrected chi connectivity index (χ4v) is 3.18. The molecule has 19 heavy (non-hydrogen) atoms. The molecule has 3 heteroatoms. The molecule has 0 bridgehead atoms. The summed E-state index contributed by atoms with van der Waals surface area (Å²) in [7, 11) is 1.94. The number of benzene rings is 1. The molecule has 1 amide bonds. The minimum atomic E-state index is -0.139. The van der Waals surface area contributed by atoms with Gasteiger partial charge in [-0.2, -0.15) is 0 Å². The van der Waals surface area contributed by atoms with Gasteiger partial charge in [-0.1, -0.05) is 6.07 Å². The third-order valence-corrected chi connectivity index (χ3v) is 4.16. The number of carbonyl (C=O) groups excluding carboxylic acids is 1. The highest BCUT2D eigenvalue weighted by atomic mass is 16.2. The lowest BCUT2D eigenvalue weighted by molar-refractivity contribution is -0.117. The zero-order chi connectivity index (χ0) is 14.2. The second-order valence-corrected chi connectivity index (χ2v) is 6.19. The first-order valence-electron chi connectivity index (χ1n) is 6.92. The Balaban J connectivity index is 2.40. The number of nitrogens with one attached hydrogen (secondary N) is 1. The van der Waals surface area contributed by atoms with Gasteiger partial charge in [-0.3, -0.25) is 4.79 Å². The maximum absolute atomic E-state index is 12.4. The third-order valence-electron chi connectivity index (χ3n) is 4.16. The maximum atomic E-state index is 12.4. The summed E-state index contributed by atoms with van der Waals surface area (Å²) in [6, 6.07) is 6.35. The molecule has 0 spiro atoms. The molecule has 0 saturated carbocycles. The van der Waals surface area contributed by atoms with Crippen molar-refractivity contribution in [2.45, 2.75) is 39.7 Å². The average molecular weight is 260 g/mol. The minimum absolute atomic E-state index is 0.139. The smallest absolute Gasteiger partial charge is 0.227 e. The van der Waals surface area contributed by atoms with E-state index in [0.717, 1.165) is 12.2 Å². The van der Waals surface area contributed by atoms with Gasteiger partial charge in [0.25, 0.3) is 0 Å². The van der Waals surface area contributed by atoms with E-state index in [4.69, 9.17) is 0 Å². The van der Waals surface area contributed by atoms with Gasteiger partial charge in [0.1, 0.15) is 0 Å². The van der Waals surface area contributed by atoms with Gasteiger partial charge in [-0.05, 0) is 58.0 Å². The molecule has 1 unspecified atom stereocenters. The zero-order valence-corrected chi connectivity index (χ0v) is 12.6. The van der Waals surface area contributed by atoms with E-state index in [1.807, 2.05) is 11.9 Å². The first-order valence-corrected chi connectivity index (χ1v) is 6.92. The van der Waals surface area contributed by atoms with Crippen LogP contribution < -0.4 is 10.2 Å². The highest BCUT2D eigenvalue weighted by molar-refractivity contribution is 5.97. The Bertz CT molecular complexity index is 473. The molecule has 0 aromatic heterocycles. The van der Waals surface area contributed by atoms with Gasteiger partial charge in [0.05, 0.1) is 0 Å². The molecular formula is C16H24N2O. The van der Waals surface area contributed by atoms with Crippen LogP contribution in [0.15, 0.2) is 18.2 Å². The number of nitrogens with zero attached hydrogens (tertiary/aromatic N) is 1. The van der Waals surface area contributed by atoms with Gasteiger partial charge >= 0.3 is 0 Å². The summed E-state index contributed by atoms with van der Waals surface area (Å²) < 4.78 is 0. The number of anilines is 1. The topological polar surface area (TPSA) is 32.3 Å². The molecule has 1 heterocycles. The number of hydrogen-bond donors (Lipinski definition) is 1. The Morgan fingerprint density at radius 3 is 2.37 bits per heavy atom. The number of amides is 1. The molecule has 0 aliphatic carbocycles. The van der Waals surface area contributed by atoms with Crippen LogP contribution in [-0.4, -0.2) is 25.0 Å². The fraction of sp³-hybridized carbons (Fsp3) is 0.562. The quantitative estimate of drug-likeness (QED) is 0.906. The Hall–Kier alpha value is -1.35. The average Bonchev–Trinajstić information content (AvgIpc) is 2.48. The van der Waals surface area contributed by atoms with E-state index in [9.17, 15) is 4.79 Å². The van der Waals surface area contributed by atoms with Crippen molar-refractivity contribution in [3.63, 3.8) is 0 Å². The van der Waals surface area contributed by atoms with E-state index in [-0.39, 0.29) is 11.4 Å². The van der Waals surface area contributed by atoms with Crippen LogP contribution >= 0.6 is 0 Å². The van der Waals surface area contributed by atoms with Crippen LogP contribution in [0.2, 0.25) is 0 Å². The van der Waals surface area contributed by atoms with E-state index in [0.29, 0.717) is 12.3 Å². The van der Waals surface area contributed by atoms with Crippen LogP contribution in [0.3, 0.4) is 0 Å². The van der Waals surface area contributed by atoms with Crippen molar-refractivity contribution in [2.24, 2.45) is 5.92 Å². The first-order chi connectivity index (χ1) is 8.86. The standard InChI is InChI=1S/C16H24N2O/c1-11-6-12(2)8-14(7-11)18-15(19)9-13(10-17-5)16(18,3)4/h6-8,13,17H,9-10H2,1-5H3. The Morgan fingerprint density at radius 1 is 1.26 bits per heavy atom. The van der Waals surface area contributed by atoms with Crippen molar-refractivity contribution < 1.29 is 4.79 Å². The fourth-order valence-electron chi connectivity index (χ4n) is 3.18. The highest BCUT2D eigenvalue weighted by Gasteiger charge is 2.46. The van der Waals surface area contributed by atoms with Crippen LogP contribution in [0.1, 0.15) is 31.4 Å². The van der Waals surface area contributed by atoms with Gasteiger partial charge < -0.3 is 10.2 Å². The minimum Gasteiger partial charge on any atom is -0.319 e. The normalized spacial score (nSPS) is 22.1. The maximum Gasteiger partial charge on any atom is 0.227 e. The number of aryl methyl sites for hydroxylation is 2. The van der Waals surface area contributed by atoms with Gasteiger partial charge in [0.2, 0.25) is 5.91 Å². The Kier molecular flexibility index (Phi) is 3.68. The van der Waals surface area contributed by atoms with E-state index in [2.05, 4.69) is 51.2 Å². The van der Waals surface area contributed by atoms with E-state index in [1.165, 1.54) is 11.1 Å². The van der Waals surface area contributed by atoms with Crippen LogP contribution in [0.5, 0.6) is 0 Å². The van der Waals surface area contributed by atoms with E-state index >= 15 is 0 Å². The molecule has 0 radical (unpaired) electrons. The first kappa shape index (κ1) is 14.1. The Morgan fingerprint density at radius 2 is 1.84 bits per heavy atom. The lowest BCUT2D eigenvalue weighted by atomic mass is 9.88. The van der Waals surface area contributed by atoms with Gasteiger partial charge in [-0.25, -0.2) is 0 Å². The van der Waals surface area contributed by atoms with Crippen LogP contribution in [0, 0.1) is 19.8 Å². The number of carbonyl (C=O) groups is 1. The molecule has 1 aliphatic rings. The number of hydrogen-bond acceptors (Lipinski definition) is 2. The predicted molar refractivity (Wildman–Crippen MR) is 79.5 cm³/mol. The van der Waals surface area contributed by atoms with Crippen LogP contribution in [0.4, 0.5) is 5.69 Å². The van der Waals surface area contributed by atoms with Crippen LogP contribution in [-0.2, 0) is 4.79 Å². The molecule has 3 nitrogen and oxygen atoms in total. The third kappa shape index (κ3) is 2.52.